The van der Waals surface area contributed by atoms with Crippen LogP contribution in [-0.2, 0) is 0 Å². The second-order valence-corrected chi connectivity index (χ2v) is 5.08. The largest absolute Gasteiger partial charge is 0.497 e. The molecule has 0 fully saturated rings. The zero-order valence-corrected chi connectivity index (χ0v) is 13.5. The topological polar surface area (TPSA) is 43.6 Å². The maximum absolute atomic E-state index is 5.77. The maximum Gasteiger partial charge on any atom is 0.124 e. The van der Waals surface area contributed by atoms with Gasteiger partial charge < -0.3 is 19.2 Å². The third-order valence-corrected chi connectivity index (χ3v) is 3.94. The smallest absolute Gasteiger partial charge is 0.124 e. The zero-order valence-electron chi connectivity index (χ0n) is 13.5. The summed E-state index contributed by atoms with van der Waals surface area (Å²) in [5.41, 5.74) is 3.35. The number of furan rings is 1. The number of rotatable bonds is 5. The van der Waals surface area contributed by atoms with Crippen LogP contribution in [0.15, 0.2) is 22.6 Å². The first-order valence-electron chi connectivity index (χ1n) is 6.99. The van der Waals surface area contributed by atoms with E-state index in [0.29, 0.717) is 0 Å². The van der Waals surface area contributed by atoms with Gasteiger partial charge in [-0.1, -0.05) is 0 Å². The molecule has 2 rings (SSSR count). The number of hydrogen-bond donors (Lipinski definition) is 1. The van der Waals surface area contributed by atoms with E-state index in [2.05, 4.69) is 12.2 Å². The van der Waals surface area contributed by atoms with Crippen LogP contribution in [0.2, 0.25) is 0 Å². The standard InChI is InChI=1S/C17H23NO3/c1-10-11(2)21-12(3)16(10)17(18-4)14-9-13(19-5)7-8-15(14)20-6/h7-9,17-18H,1-6H3. The molecule has 0 amide bonds. The van der Waals surface area contributed by atoms with Gasteiger partial charge in [-0.05, 0) is 51.6 Å². The molecule has 1 heterocycles. The van der Waals surface area contributed by atoms with Crippen molar-refractivity contribution >= 4 is 0 Å². The van der Waals surface area contributed by atoms with Gasteiger partial charge >= 0.3 is 0 Å². The minimum absolute atomic E-state index is 0.00694. The molecule has 0 bridgehead atoms. The first-order valence-corrected chi connectivity index (χ1v) is 6.99. The summed E-state index contributed by atoms with van der Waals surface area (Å²) in [6, 6.07) is 5.82. The highest BCUT2D eigenvalue weighted by molar-refractivity contribution is 5.49. The molecule has 1 unspecified atom stereocenters. The number of hydrogen-bond acceptors (Lipinski definition) is 4. The Kier molecular flexibility index (Phi) is 4.58. The first-order chi connectivity index (χ1) is 10.0. The molecule has 1 aromatic heterocycles. The van der Waals surface area contributed by atoms with Crippen LogP contribution in [0.25, 0.3) is 0 Å². The van der Waals surface area contributed by atoms with Crippen LogP contribution < -0.4 is 14.8 Å². The van der Waals surface area contributed by atoms with Crippen molar-refractivity contribution in [2.24, 2.45) is 0 Å². The number of ether oxygens (including phenoxy) is 2. The molecule has 0 saturated heterocycles. The molecule has 21 heavy (non-hydrogen) atoms. The van der Waals surface area contributed by atoms with Crippen molar-refractivity contribution < 1.29 is 13.9 Å². The average molecular weight is 289 g/mol. The third kappa shape index (κ3) is 2.76. The number of benzene rings is 1. The van der Waals surface area contributed by atoms with E-state index in [9.17, 15) is 0 Å². The van der Waals surface area contributed by atoms with Crippen LogP contribution in [0.4, 0.5) is 0 Å². The lowest BCUT2D eigenvalue weighted by molar-refractivity contribution is 0.394. The minimum atomic E-state index is -0.00694. The summed E-state index contributed by atoms with van der Waals surface area (Å²) in [6.45, 7) is 6.06. The van der Waals surface area contributed by atoms with E-state index in [0.717, 1.165) is 39.7 Å². The van der Waals surface area contributed by atoms with Crippen molar-refractivity contribution in [3.05, 3.63) is 46.4 Å². The van der Waals surface area contributed by atoms with Gasteiger partial charge in [0.05, 0.1) is 20.3 Å². The molecule has 4 nitrogen and oxygen atoms in total. The highest BCUT2D eigenvalue weighted by Crippen LogP contribution is 2.37. The third-order valence-electron chi connectivity index (χ3n) is 3.94. The van der Waals surface area contributed by atoms with Crippen molar-refractivity contribution in [2.75, 3.05) is 21.3 Å². The van der Waals surface area contributed by atoms with Gasteiger partial charge in [-0.25, -0.2) is 0 Å². The second kappa shape index (κ2) is 6.22. The molecule has 1 N–H and O–H groups in total. The Hall–Kier alpha value is -1.94. The molecule has 1 aromatic carbocycles. The highest BCUT2D eigenvalue weighted by atomic mass is 16.5. The lowest BCUT2D eigenvalue weighted by Gasteiger charge is -2.21. The molecule has 0 saturated carbocycles. The summed E-state index contributed by atoms with van der Waals surface area (Å²) in [6.07, 6.45) is 0. The molecule has 1 atom stereocenters. The van der Waals surface area contributed by atoms with Gasteiger partial charge in [0.2, 0.25) is 0 Å². The van der Waals surface area contributed by atoms with E-state index in [-0.39, 0.29) is 6.04 Å². The van der Waals surface area contributed by atoms with E-state index >= 15 is 0 Å². The lowest BCUT2D eigenvalue weighted by atomic mass is 9.94. The van der Waals surface area contributed by atoms with E-state index in [1.54, 1.807) is 14.2 Å². The Balaban J connectivity index is 2.60. The Morgan fingerprint density at radius 3 is 2.24 bits per heavy atom. The number of nitrogens with one attached hydrogen (secondary N) is 1. The van der Waals surface area contributed by atoms with E-state index in [1.807, 2.05) is 39.1 Å². The fraction of sp³-hybridized carbons (Fsp3) is 0.412. The SMILES string of the molecule is CNC(c1cc(OC)ccc1OC)c1c(C)oc(C)c1C. The highest BCUT2D eigenvalue weighted by Gasteiger charge is 2.24. The van der Waals surface area contributed by atoms with Crippen molar-refractivity contribution in [1.82, 2.24) is 5.32 Å². The fourth-order valence-corrected chi connectivity index (χ4v) is 2.75. The molecule has 4 heteroatoms. The van der Waals surface area contributed by atoms with Gasteiger partial charge in [-0.3, -0.25) is 0 Å². The van der Waals surface area contributed by atoms with Crippen molar-refractivity contribution in [3.63, 3.8) is 0 Å². The molecular weight excluding hydrogens is 266 g/mol. The molecule has 2 aromatic rings. The molecule has 0 spiro atoms. The van der Waals surface area contributed by atoms with Crippen LogP contribution in [-0.4, -0.2) is 21.3 Å². The normalized spacial score (nSPS) is 12.3. The Labute approximate surface area is 126 Å². The van der Waals surface area contributed by atoms with Gasteiger partial charge in [0, 0.05) is 11.1 Å². The monoisotopic (exact) mass is 289 g/mol. The summed E-state index contributed by atoms with van der Waals surface area (Å²) in [5.74, 6) is 3.51. The summed E-state index contributed by atoms with van der Waals surface area (Å²) in [7, 11) is 5.28. The van der Waals surface area contributed by atoms with Crippen LogP contribution in [0.3, 0.4) is 0 Å². The molecular formula is C17H23NO3. The van der Waals surface area contributed by atoms with Crippen LogP contribution in [0, 0.1) is 20.8 Å². The van der Waals surface area contributed by atoms with Gasteiger partial charge in [0.25, 0.3) is 0 Å². The van der Waals surface area contributed by atoms with Crippen LogP contribution in [0.1, 0.15) is 34.3 Å². The summed E-state index contributed by atoms with van der Waals surface area (Å²) < 4.78 is 16.6. The Bertz CT molecular complexity index is 631. The molecule has 0 aliphatic heterocycles. The van der Waals surface area contributed by atoms with E-state index in [4.69, 9.17) is 13.9 Å². The predicted octanol–water partition coefficient (Wildman–Crippen LogP) is 3.53. The average Bonchev–Trinajstić information content (AvgIpc) is 2.74. The van der Waals surface area contributed by atoms with Crippen molar-refractivity contribution in [3.8, 4) is 11.5 Å². The van der Waals surface area contributed by atoms with Gasteiger partial charge in [-0.15, -0.1) is 0 Å². The van der Waals surface area contributed by atoms with Gasteiger partial charge in [0.1, 0.15) is 23.0 Å². The summed E-state index contributed by atoms with van der Waals surface area (Å²) in [5, 5.41) is 3.36. The predicted molar refractivity (Wildman–Crippen MR) is 83.4 cm³/mol. The first kappa shape index (κ1) is 15.4. The minimum Gasteiger partial charge on any atom is -0.497 e. The Morgan fingerprint density at radius 2 is 1.76 bits per heavy atom. The summed E-state index contributed by atoms with van der Waals surface area (Å²) in [4.78, 5) is 0. The number of aryl methyl sites for hydroxylation is 2. The van der Waals surface area contributed by atoms with Gasteiger partial charge in [-0.2, -0.15) is 0 Å². The summed E-state index contributed by atoms with van der Waals surface area (Å²) >= 11 is 0. The van der Waals surface area contributed by atoms with Crippen molar-refractivity contribution in [1.29, 1.82) is 0 Å². The van der Waals surface area contributed by atoms with E-state index < -0.39 is 0 Å². The molecule has 114 valence electrons. The second-order valence-electron chi connectivity index (χ2n) is 5.08. The molecule has 0 aliphatic carbocycles. The van der Waals surface area contributed by atoms with E-state index in [1.165, 1.54) is 0 Å². The fourth-order valence-electron chi connectivity index (χ4n) is 2.75. The number of methoxy groups -OCH3 is 2. The lowest BCUT2D eigenvalue weighted by Crippen LogP contribution is -2.19. The van der Waals surface area contributed by atoms with Crippen molar-refractivity contribution in [2.45, 2.75) is 26.8 Å². The quantitative estimate of drug-likeness (QED) is 0.914. The zero-order chi connectivity index (χ0) is 15.6. The molecule has 0 radical (unpaired) electrons. The van der Waals surface area contributed by atoms with Gasteiger partial charge in [0.15, 0.2) is 0 Å². The molecule has 0 aliphatic rings. The Morgan fingerprint density at radius 1 is 1.05 bits per heavy atom. The van der Waals surface area contributed by atoms with Crippen LogP contribution >= 0.6 is 0 Å². The van der Waals surface area contributed by atoms with Crippen LogP contribution in [0.5, 0.6) is 11.5 Å². The maximum atomic E-state index is 5.77.